The van der Waals surface area contributed by atoms with Crippen molar-refractivity contribution < 1.29 is 5.11 Å². The Kier molecular flexibility index (Phi) is 3.82. The van der Waals surface area contributed by atoms with Crippen LogP contribution < -0.4 is 5.32 Å². The Balaban J connectivity index is 2.41. The van der Waals surface area contributed by atoms with Crippen LogP contribution >= 0.6 is 0 Å². The van der Waals surface area contributed by atoms with Crippen molar-refractivity contribution in [3.8, 4) is 0 Å². The lowest BCUT2D eigenvalue weighted by Gasteiger charge is -2.10. The molecule has 3 nitrogen and oxygen atoms in total. The standard InChI is InChI=1S/C14H20N2O/c1-11(10-17)8-16-9-12(7-15-2)13-5-3-4-6-14(13)16/h3-6,9,11,15,17H,7-8,10H2,1-2H3. The molecule has 1 unspecified atom stereocenters. The number of para-hydroxylation sites is 1. The number of hydrogen-bond acceptors (Lipinski definition) is 2. The molecular formula is C14H20N2O. The summed E-state index contributed by atoms with van der Waals surface area (Å²) in [6.45, 7) is 4.03. The van der Waals surface area contributed by atoms with Crippen molar-refractivity contribution in [2.75, 3.05) is 13.7 Å². The minimum Gasteiger partial charge on any atom is -0.396 e. The van der Waals surface area contributed by atoms with Gasteiger partial charge in [-0.1, -0.05) is 25.1 Å². The molecule has 2 N–H and O–H groups in total. The van der Waals surface area contributed by atoms with E-state index in [0.717, 1.165) is 13.1 Å². The van der Waals surface area contributed by atoms with Crippen LogP contribution in [0.15, 0.2) is 30.5 Å². The van der Waals surface area contributed by atoms with Crippen molar-refractivity contribution >= 4 is 10.9 Å². The number of aliphatic hydroxyl groups excluding tert-OH is 1. The summed E-state index contributed by atoms with van der Waals surface area (Å²) in [4.78, 5) is 0. The first-order valence-electron chi connectivity index (χ1n) is 6.08. The summed E-state index contributed by atoms with van der Waals surface area (Å²) in [5.74, 6) is 0.285. The van der Waals surface area contributed by atoms with Gasteiger partial charge >= 0.3 is 0 Å². The van der Waals surface area contributed by atoms with Crippen molar-refractivity contribution in [1.29, 1.82) is 0 Å². The van der Waals surface area contributed by atoms with Crippen molar-refractivity contribution in [1.82, 2.24) is 9.88 Å². The summed E-state index contributed by atoms with van der Waals surface area (Å²) < 4.78 is 2.24. The smallest absolute Gasteiger partial charge is 0.0483 e. The van der Waals surface area contributed by atoms with Gasteiger partial charge in [0.2, 0.25) is 0 Å². The van der Waals surface area contributed by atoms with Crippen LogP contribution in [0.4, 0.5) is 0 Å². The van der Waals surface area contributed by atoms with E-state index in [9.17, 15) is 0 Å². The van der Waals surface area contributed by atoms with E-state index in [1.807, 2.05) is 7.05 Å². The van der Waals surface area contributed by atoms with E-state index in [4.69, 9.17) is 5.11 Å². The lowest BCUT2D eigenvalue weighted by atomic mass is 10.2. The van der Waals surface area contributed by atoms with Gasteiger partial charge in [-0.15, -0.1) is 0 Å². The number of hydrogen-bond donors (Lipinski definition) is 2. The van der Waals surface area contributed by atoms with E-state index in [2.05, 4.69) is 47.3 Å². The molecule has 92 valence electrons. The van der Waals surface area contributed by atoms with Crippen LogP contribution in [0, 0.1) is 5.92 Å². The molecule has 2 aromatic rings. The zero-order valence-corrected chi connectivity index (χ0v) is 10.5. The van der Waals surface area contributed by atoms with Gasteiger partial charge in [-0.25, -0.2) is 0 Å². The largest absolute Gasteiger partial charge is 0.396 e. The van der Waals surface area contributed by atoms with Crippen LogP contribution in [0.2, 0.25) is 0 Å². The van der Waals surface area contributed by atoms with E-state index >= 15 is 0 Å². The Morgan fingerprint density at radius 3 is 2.82 bits per heavy atom. The first kappa shape index (κ1) is 12.1. The summed E-state index contributed by atoms with van der Waals surface area (Å²) in [5, 5.41) is 13.6. The third-order valence-electron chi connectivity index (χ3n) is 3.06. The molecule has 17 heavy (non-hydrogen) atoms. The number of rotatable bonds is 5. The molecule has 0 aliphatic heterocycles. The maximum Gasteiger partial charge on any atom is 0.0483 e. The SMILES string of the molecule is CNCc1cn(CC(C)CO)c2ccccc12. The molecule has 1 atom stereocenters. The third kappa shape index (κ3) is 2.51. The van der Waals surface area contributed by atoms with Gasteiger partial charge in [0, 0.05) is 36.8 Å². The van der Waals surface area contributed by atoms with Gasteiger partial charge in [0.15, 0.2) is 0 Å². The minimum absolute atomic E-state index is 0.230. The van der Waals surface area contributed by atoms with Crippen LogP contribution in [0.1, 0.15) is 12.5 Å². The number of nitrogens with zero attached hydrogens (tertiary/aromatic N) is 1. The molecule has 0 amide bonds. The normalized spacial score (nSPS) is 13.1. The molecule has 1 aromatic carbocycles. The van der Waals surface area contributed by atoms with Gasteiger partial charge in [-0.2, -0.15) is 0 Å². The molecule has 0 radical (unpaired) electrons. The summed E-state index contributed by atoms with van der Waals surface area (Å²) in [5.41, 5.74) is 2.56. The molecule has 0 spiro atoms. The van der Waals surface area contributed by atoms with Gasteiger partial charge in [0.05, 0.1) is 0 Å². The molecule has 0 aliphatic carbocycles. The predicted octanol–water partition coefficient (Wildman–Crippen LogP) is 1.99. The van der Waals surface area contributed by atoms with Crippen molar-refractivity contribution in [3.63, 3.8) is 0 Å². The second-order valence-corrected chi connectivity index (χ2v) is 4.64. The number of nitrogens with one attached hydrogen (secondary N) is 1. The number of benzene rings is 1. The average Bonchev–Trinajstić information content (AvgIpc) is 2.69. The minimum atomic E-state index is 0.230. The molecular weight excluding hydrogens is 212 g/mol. The number of aromatic nitrogens is 1. The average molecular weight is 232 g/mol. The Labute approximate surface area is 102 Å². The molecule has 0 bridgehead atoms. The van der Waals surface area contributed by atoms with E-state index < -0.39 is 0 Å². The highest BCUT2D eigenvalue weighted by Crippen LogP contribution is 2.22. The second kappa shape index (κ2) is 5.34. The zero-order valence-electron chi connectivity index (χ0n) is 10.5. The van der Waals surface area contributed by atoms with Gasteiger partial charge in [0.25, 0.3) is 0 Å². The van der Waals surface area contributed by atoms with Gasteiger partial charge in [-0.3, -0.25) is 0 Å². The van der Waals surface area contributed by atoms with E-state index in [0.29, 0.717) is 0 Å². The van der Waals surface area contributed by atoms with Crippen LogP contribution in [-0.4, -0.2) is 23.3 Å². The lowest BCUT2D eigenvalue weighted by Crippen LogP contribution is -2.10. The summed E-state index contributed by atoms with van der Waals surface area (Å²) in [6, 6.07) is 8.42. The second-order valence-electron chi connectivity index (χ2n) is 4.64. The Hall–Kier alpha value is -1.32. The van der Waals surface area contributed by atoms with Crippen LogP contribution in [0.25, 0.3) is 10.9 Å². The molecule has 2 rings (SSSR count). The maximum atomic E-state index is 9.15. The molecule has 0 aliphatic rings. The van der Waals surface area contributed by atoms with Gasteiger partial charge in [0.1, 0.15) is 0 Å². The summed E-state index contributed by atoms with van der Waals surface area (Å²) in [7, 11) is 1.96. The fourth-order valence-electron chi connectivity index (χ4n) is 2.20. The monoisotopic (exact) mass is 232 g/mol. The molecule has 0 saturated heterocycles. The van der Waals surface area contributed by atoms with E-state index in [1.54, 1.807) is 0 Å². The Morgan fingerprint density at radius 1 is 1.35 bits per heavy atom. The topological polar surface area (TPSA) is 37.2 Å². The first-order chi connectivity index (χ1) is 8.26. The highest BCUT2D eigenvalue weighted by molar-refractivity contribution is 5.83. The Morgan fingerprint density at radius 2 is 2.12 bits per heavy atom. The molecule has 3 heteroatoms. The van der Waals surface area contributed by atoms with Crippen LogP contribution in [0.5, 0.6) is 0 Å². The summed E-state index contributed by atoms with van der Waals surface area (Å²) in [6.07, 6.45) is 2.19. The van der Waals surface area contributed by atoms with E-state index in [-0.39, 0.29) is 12.5 Å². The highest BCUT2D eigenvalue weighted by Gasteiger charge is 2.09. The lowest BCUT2D eigenvalue weighted by molar-refractivity contribution is 0.224. The summed E-state index contributed by atoms with van der Waals surface area (Å²) >= 11 is 0. The third-order valence-corrected chi connectivity index (χ3v) is 3.06. The van der Waals surface area contributed by atoms with Crippen molar-refractivity contribution in [3.05, 3.63) is 36.0 Å². The highest BCUT2D eigenvalue weighted by atomic mass is 16.3. The fourth-order valence-corrected chi connectivity index (χ4v) is 2.20. The quantitative estimate of drug-likeness (QED) is 0.827. The number of fused-ring (bicyclic) bond motifs is 1. The predicted molar refractivity (Wildman–Crippen MR) is 71.0 cm³/mol. The van der Waals surface area contributed by atoms with Crippen LogP contribution in [0.3, 0.4) is 0 Å². The number of aliphatic hydroxyl groups is 1. The Bertz CT molecular complexity index is 490. The van der Waals surface area contributed by atoms with Gasteiger partial charge in [-0.05, 0) is 24.6 Å². The zero-order chi connectivity index (χ0) is 12.3. The maximum absolute atomic E-state index is 9.15. The molecule has 0 saturated carbocycles. The molecule has 0 fully saturated rings. The fraction of sp³-hybridized carbons (Fsp3) is 0.429. The van der Waals surface area contributed by atoms with Crippen molar-refractivity contribution in [2.24, 2.45) is 5.92 Å². The van der Waals surface area contributed by atoms with Crippen molar-refractivity contribution in [2.45, 2.75) is 20.0 Å². The van der Waals surface area contributed by atoms with E-state index in [1.165, 1.54) is 16.5 Å². The van der Waals surface area contributed by atoms with Crippen LogP contribution in [-0.2, 0) is 13.1 Å². The molecule has 1 aromatic heterocycles. The molecule has 1 heterocycles. The first-order valence-corrected chi connectivity index (χ1v) is 6.08. The van der Waals surface area contributed by atoms with Gasteiger partial charge < -0.3 is 15.0 Å².